The third kappa shape index (κ3) is 5.62. The quantitative estimate of drug-likeness (QED) is 0.744. The Balaban J connectivity index is 2.42. The van der Waals surface area contributed by atoms with Crippen molar-refractivity contribution in [2.45, 2.75) is 6.54 Å². The Hall–Kier alpha value is -2.41. The van der Waals surface area contributed by atoms with E-state index in [1.807, 2.05) is 0 Å². The van der Waals surface area contributed by atoms with E-state index in [-0.39, 0.29) is 37.1 Å². The highest BCUT2D eigenvalue weighted by molar-refractivity contribution is 5.87. The maximum Gasteiger partial charge on any atom is 0.335 e. The van der Waals surface area contributed by atoms with E-state index in [9.17, 15) is 14.4 Å². The molecule has 2 amide bonds. The number of carboxylic acid groups (broad SMARTS) is 1. The van der Waals surface area contributed by atoms with E-state index in [4.69, 9.17) is 9.84 Å². The van der Waals surface area contributed by atoms with Crippen molar-refractivity contribution in [3.8, 4) is 0 Å². The summed E-state index contributed by atoms with van der Waals surface area (Å²) >= 11 is 0. The number of benzene rings is 1. The first-order valence-corrected chi connectivity index (χ1v) is 6.26. The van der Waals surface area contributed by atoms with Gasteiger partial charge in [-0.15, -0.1) is 0 Å². The Bertz CT molecular complexity index is 513. The van der Waals surface area contributed by atoms with Crippen LogP contribution in [0, 0.1) is 0 Å². The summed E-state index contributed by atoms with van der Waals surface area (Å²) in [5.74, 6) is -1.58. The van der Waals surface area contributed by atoms with Crippen LogP contribution >= 0.6 is 0 Å². The van der Waals surface area contributed by atoms with Crippen molar-refractivity contribution < 1.29 is 24.2 Å². The van der Waals surface area contributed by atoms with Gasteiger partial charge >= 0.3 is 5.97 Å². The molecule has 1 rings (SSSR count). The molecule has 21 heavy (non-hydrogen) atoms. The smallest absolute Gasteiger partial charge is 0.335 e. The molecule has 0 aromatic heterocycles. The Morgan fingerprint density at radius 3 is 2.38 bits per heavy atom. The van der Waals surface area contributed by atoms with Crippen LogP contribution in [-0.2, 0) is 20.9 Å². The van der Waals surface area contributed by atoms with Crippen molar-refractivity contribution in [2.24, 2.45) is 0 Å². The van der Waals surface area contributed by atoms with Gasteiger partial charge in [-0.05, 0) is 17.7 Å². The molecule has 0 saturated carbocycles. The lowest BCUT2D eigenvalue weighted by molar-refractivity contribution is -0.137. The Kier molecular flexibility index (Phi) is 6.35. The van der Waals surface area contributed by atoms with Gasteiger partial charge in [0.25, 0.3) is 0 Å². The van der Waals surface area contributed by atoms with Gasteiger partial charge in [0.05, 0.1) is 12.1 Å². The van der Waals surface area contributed by atoms with E-state index in [0.29, 0.717) is 0 Å². The van der Waals surface area contributed by atoms with Gasteiger partial charge in [0, 0.05) is 20.7 Å². The van der Waals surface area contributed by atoms with Crippen molar-refractivity contribution in [3.05, 3.63) is 35.4 Å². The molecule has 1 aromatic carbocycles. The fourth-order valence-electron chi connectivity index (χ4n) is 1.56. The number of nitrogens with one attached hydrogen (secondary N) is 1. The van der Waals surface area contributed by atoms with Crippen LogP contribution in [0.25, 0.3) is 0 Å². The van der Waals surface area contributed by atoms with Gasteiger partial charge in [0.15, 0.2) is 0 Å². The first kappa shape index (κ1) is 16.6. The molecule has 1 aromatic rings. The van der Waals surface area contributed by atoms with Gasteiger partial charge in [-0.2, -0.15) is 0 Å². The van der Waals surface area contributed by atoms with Gasteiger partial charge < -0.3 is 20.1 Å². The topological polar surface area (TPSA) is 95.9 Å². The molecular formula is C14H18N2O5. The zero-order valence-corrected chi connectivity index (χ0v) is 12.0. The summed E-state index contributed by atoms with van der Waals surface area (Å²) in [5, 5.41) is 11.4. The van der Waals surface area contributed by atoms with Gasteiger partial charge in [-0.25, -0.2) is 4.79 Å². The van der Waals surface area contributed by atoms with Crippen LogP contribution < -0.4 is 5.32 Å². The van der Waals surface area contributed by atoms with Crippen LogP contribution in [0.15, 0.2) is 24.3 Å². The summed E-state index contributed by atoms with van der Waals surface area (Å²) in [6.45, 7) is 0.140. The van der Waals surface area contributed by atoms with Crippen LogP contribution in [0.5, 0.6) is 0 Å². The molecule has 0 spiro atoms. The average molecular weight is 294 g/mol. The minimum Gasteiger partial charge on any atom is -0.478 e. The lowest BCUT2D eigenvalue weighted by Crippen LogP contribution is -2.39. The highest BCUT2D eigenvalue weighted by Crippen LogP contribution is 2.04. The number of methoxy groups -OCH3 is 1. The maximum atomic E-state index is 11.7. The number of carbonyl (C=O) groups excluding carboxylic acids is 2. The molecule has 0 radical (unpaired) electrons. The normalized spacial score (nSPS) is 10.0. The predicted molar refractivity (Wildman–Crippen MR) is 74.8 cm³/mol. The maximum absolute atomic E-state index is 11.7. The van der Waals surface area contributed by atoms with Crippen LogP contribution in [-0.4, -0.2) is 55.1 Å². The molecule has 0 aliphatic heterocycles. The van der Waals surface area contributed by atoms with Crippen molar-refractivity contribution in [3.63, 3.8) is 0 Å². The fraction of sp³-hybridized carbons (Fsp3) is 0.357. The summed E-state index contributed by atoms with van der Waals surface area (Å²) in [6.07, 6.45) is 0. The summed E-state index contributed by atoms with van der Waals surface area (Å²) in [5.41, 5.74) is 0.967. The third-order valence-corrected chi connectivity index (χ3v) is 2.76. The molecule has 0 saturated heterocycles. The number of carbonyl (C=O) groups is 3. The number of amides is 2. The lowest BCUT2D eigenvalue weighted by Gasteiger charge is -2.16. The number of likely N-dealkylation sites (N-methyl/N-ethyl adjacent to an activating group) is 1. The largest absolute Gasteiger partial charge is 0.478 e. The Labute approximate surface area is 122 Å². The molecule has 2 N–H and O–H groups in total. The predicted octanol–water partition coefficient (Wildman–Crippen LogP) is 0.106. The number of hydrogen-bond donors (Lipinski definition) is 2. The van der Waals surface area contributed by atoms with E-state index < -0.39 is 5.97 Å². The van der Waals surface area contributed by atoms with E-state index in [2.05, 4.69) is 5.32 Å². The van der Waals surface area contributed by atoms with Crippen molar-refractivity contribution in [1.82, 2.24) is 10.2 Å². The third-order valence-electron chi connectivity index (χ3n) is 2.76. The monoisotopic (exact) mass is 294 g/mol. The molecule has 0 aliphatic carbocycles. The summed E-state index contributed by atoms with van der Waals surface area (Å²) < 4.78 is 4.70. The van der Waals surface area contributed by atoms with Gasteiger partial charge in [0.1, 0.15) is 6.61 Å². The Morgan fingerprint density at radius 1 is 1.24 bits per heavy atom. The zero-order chi connectivity index (χ0) is 15.8. The molecular weight excluding hydrogens is 276 g/mol. The second kappa shape index (κ2) is 8.01. The second-order valence-electron chi connectivity index (χ2n) is 4.46. The summed E-state index contributed by atoms with van der Waals surface area (Å²) in [6, 6.07) is 6.20. The molecule has 7 heteroatoms. The molecule has 0 aliphatic rings. The van der Waals surface area contributed by atoms with Crippen molar-refractivity contribution >= 4 is 17.8 Å². The standard InChI is InChI=1S/C14H18N2O5/c1-16(13(18)9-21-2)8-12(17)15-7-10-3-5-11(6-4-10)14(19)20/h3-6H,7-9H2,1-2H3,(H,15,17)(H,19,20). The van der Waals surface area contributed by atoms with Gasteiger partial charge in [-0.1, -0.05) is 12.1 Å². The lowest BCUT2D eigenvalue weighted by atomic mass is 10.1. The molecule has 114 valence electrons. The van der Waals surface area contributed by atoms with Gasteiger partial charge in [0.2, 0.25) is 11.8 Å². The first-order chi connectivity index (χ1) is 9.93. The first-order valence-electron chi connectivity index (χ1n) is 6.26. The minimum absolute atomic E-state index is 0.0601. The summed E-state index contributed by atoms with van der Waals surface area (Å²) in [4.78, 5) is 35.1. The van der Waals surface area contributed by atoms with Crippen molar-refractivity contribution in [1.29, 1.82) is 0 Å². The summed E-state index contributed by atoms with van der Waals surface area (Å²) in [7, 11) is 2.93. The fourth-order valence-corrected chi connectivity index (χ4v) is 1.56. The number of hydrogen-bond acceptors (Lipinski definition) is 4. The van der Waals surface area contributed by atoms with Crippen LogP contribution in [0.4, 0.5) is 0 Å². The van der Waals surface area contributed by atoms with E-state index in [1.54, 1.807) is 12.1 Å². The molecule has 0 atom stereocenters. The minimum atomic E-state index is -0.996. The van der Waals surface area contributed by atoms with Gasteiger partial charge in [-0.3, -0.25) is 9.59 Å². The molecule has 0 heterocycles. The second-order valence-corrected chi connectivity index (χ2v) is 4.46. The molecule has 0 bridgehead atoms. The molecule has 0 fully saturated rings. The number of nitrogens with zero attached hydrogens (tertiary/aromatic N) is 1. The molecule has 0 unspecified atom stereocenters. The number of rotatable bonds is 7. The van der Waals surface area contributed by atoms with Crippen LogP contribution in [0.3, 0.4) is 0 Å². The SMILES string of the molecule is COCC(=O)N(C)CC(=O)NCc1ccc(C(=O)O)cc1. The van der Waals surface area contributed by atoms with Crippen LogP contribution in [0.2, 0.25) is 0 Å². The number of aromatic carboxylic acids is 1. The number of carboxylic acids is 1. The van der Waals surface area contributed by atoms with E-state index in [0.717, 1.165) is 5.56 Å². The average Bonchev–Trinajstić information content (AvgIpc) is 2.45. The van der Waals surface area contributed by atoms with Crippen LogP contribution in [0.1, 0.15) is 15.9 Å². The van der Waals surface area contributed by atoms with Crippen molar-refractivity contribution in [2.75, 3.05) is 27.3 Å². The highest BCUT2D eigenvalue weighted by Gasteiger charge is 2.12. The van der Waals surface area contributed by atoms with E-state index in [1.165, 1.54) is 31.2 Å². The zero-order valence-electron chi connectivity index (χ0n) is 12.0. The molecule has 7 nitrogen and oxygen atoms in total. The highest BCUT2D eigenvalue weighted by atomic mass is 16.5. The van der Waals surface area contributed by atoms with E-state index >= 15 is 0 Å². The number of ether oxygens (including phenoxy) is 1. The Morgan fingerprint density at radius 2 is 1.86 bits per heavy atom.